The first-order valence-electron chi connectivity index (χ1n) is 7.67. The minimum Gasteiger partial charge on any atom is -0.477 e. The predicted molar refractivity (Wildman–Crippen MR) is 92.5 cm³/mol. The molecule has 0 saturated heterocycles. The van der Waals surface area contributed by atoms with Gasteiger partial charge in [-0.25, -0.2) is 9.59 Å². The third-order valence-electron chi connectivity index (χ3n) is 3.66. The fourth-order valence-corrected chi connectivity index (χ4v) is 3.67. The Morgan fingerprint density at radius 2 is 2.04 bits per heavy atom. The van der Waals surface area contributed by atoms with Crippen LogP contribution < -0.4 is 5.32 Å². The SMILES string of the molecule is CCOC(=O)c1c(NC(=O)c2cnn(C)c2C(=O)O)sc(C)c1CC. The summed E-state index contributed by atoms with van der Waals surface area (Å²) < 4.78 is 6.20. The van der Waals surface area contributed by atoms with Crippen molar-refractivity contribution in [1.82, 2.24) is 9.78 Å². The molecule has 0 bridgehead atoms. The fourth-order valence-electron chi connectivity index (χ4n) is 2.54. The number of carbonyl (C=O) groups is 3. The average molecular weight is 365 g/mol. The number of aromatic nitrogens is 2. The molecule has 0 unspecified atom stereocenters. The second-order valence-electron chi connectivity index (χ2n) is 5.20. The third kappa shape index (κ3) is 3.55. The van der Waals surface area contributed by atoms with Crippen LogP contribution in [-0.2, 0) is 18.2 Å². The molecule has 2 N–H and O–H groups in total. The zero-order chi connectivity index (χ0) is 18.7. The molecule has 0 aromatic carbocycles. The number of anilines is 1. The lowest BCUT2D eigenvalue weighted by Crippen LogP contribution is -2.18. The van der Waals surface area contributed by atoms with Crippen molar-refractivity contribution < 1.29 is 24.2 Å². The first-order valence-corrected chi connectivity index (χ1v) is 8.49. The van der Waals surface area contributed by atoms with Crippen LogP contribution in [0.15, 0.2) is 6.20 Å². The van der Waals surface area contributed by atoms with Crippen LogP contribution in [0.2, 0.25) is 0 Å². The number of carbonyl (C=O) groups excluding carboxylic acids is 2. The maximum Gasteiger partial charge on any atom is 0.354 e. The lowest BCUT2D eigenvalue weighted by molar-refractivity contribution is 0.0526. The van der Waals surface area contributed by atoms with Gasteiger partial charge in [0.1, 0.15) is 5.00 Å². The molecule has 0 spiro atoms. The number of carboxylic acid groups (broad SMARTS) is 1. The van der Waals surface area contributed by atoms with Gasteiger partial charge in [-0.3, -0.25) is 9.48 Å². The molecule has 2 aromatic rings. The maximum absolute atomic E-state index is 12.5. The summed E-state index contributed by atoms with van der Waals surface area (Å²) in [6, 6.07) is 0. The predicted octanol–water partition coefficient (Wildman–Crippen LogP) is 2.48. The Hall–Kier alpha value is -2.68. The van der Waals surface area contributed by atoms with Gasteiger partial charge in [0.15, 0.2) is 5.69 Å². The Balaban J connectivity index is 2.42. The molecule has 9 heteroatoms. The number of hydrogen-bond donors (Lipinski definition) is 2. The lowest BCUT2D eigenvalue weighted by atomic mass is 10.1. The van der Waals surface area contributed by atoms with Gasteiger partial charge in [0.05, 0.1) is 23.9 Å². The van der Waals surface area contributed by atoms with Crippen molar-refractivity contribution in [3.05, 3.63) is 33.5 Å². The van der Waals surface area contributed by atoms with Gasteiger partial charge in [-0.05, 0) is 25.8 Å². The van der Waals surface area contributed by atoms with E-state index in [1.54, 1.807) is 6.92 Å². The summed E-state index contributed by atoms with van der Waals surface area (Å²) >= 11 is 1.26. The van der Waals surface area contributed by atoms with E-state index >= 15 is 0 Å². The summed E-state index contributed by atoms with van der Waals surface area (Å²) in [4.78, 5) is 37.0. The Morgan fingerprint density at radius 1 is 1.36 bits per heavy atom. The summed E-state index contributed by atoms with van der Waals surface area (Å²) in [7, 11) is 1.44. The van der Waals surface area contributed by atoms with E-state index in [2.05, 4.69) is 10.4 Å². The van der Waals surface area contributed by atoms with Gasteiger partial charge in [-0.15, -0.1) is 11.3 Å². The molecule has 2 heterocycles. The van der Waals surface area contributed by atoms with Gasteiger partial charge in [0.25, 0.3) is 5.91 Å². The molecule has 0 saturated carbocycles. The number of thiophene rings is 1. The molecular formula is C16H19N3O5S. The highest BCUT2D eigenvalue weighted by Crippen LogP contribution is 2.34. The summed E-state index contributed by atoms with van der Waals surface area (Å²) in [5, 5.41) is 16.0. The first kappa shape index (κ1) is 18.7. The lowest BCUT2D eigenvalue weighted by Gasteiger charge is -2.08. The van der Waals surface area contributed by atoms with Crippen LogP contribution in [0.3, 0.4) is 0 Å². The molecule has 0 fully saturated rings. The zero-order valence-electron chi connectivity index (χ0n) is 14.4. The second kappa shape index (κ2) is 7.47. The van der Waals surface area contributed by atoms with E-state index in [9.17, 15) is 19.5 Å². The van der Waals surface area contributed by atoms with Gasteiger partial charge in [-0.1, -0.05) is 6.92 Å². The Labute approximate surface area is 148 Å². The average Bonchev–Trinajstić information content (AvgIpc) is 3.07. The van der Waals surface area contributed by atoms with Gasteiger partial charge < -0.3 is 15.2 Å². The molecule has 8 nitrogen and oxygen atoms in total. The van der Waals surface area contributed by atoms with Crippen molar-refractivity contribution in [2.45, 2.75) is 27.2 Å². The quantitative estimate of drug-likeness (QED) is 0.761. The van der Waals surface area contributed by atoms with Gasteiger partial charge in [-0.2, -0.15) is 5.10 Å². The highest BCUT2D eigenvalue weighted by Gasteiger charge is 2.26. The number of amides is 1. The molecule has 0 aliphatic rings. The monoisotopic (exact) mass is 365 g/mol. The standard InChI is InChI=1S/C16H19N3O5S/c1-5-9-8(3)25-14(11(9)16(23)24-6-2)18-13(20)10-7-17-19(4)12(10)15(21)22/h7H,5-6H2,1-4H3,(H,18,20)(H,21,22). The van der Waals surface area contributed by atoms with Crippen LogP contribution in [-0.4, -0.2) is 39.3 Å². The smallest absolute Gasteiger partial charge is 0.354 e. The molecule has 0 atom stereocenters. The van der Waals surface area contributed by atoms with Crippen molar-refractivity contribution >= 4 is 34.2 Å². The van der Waals surface area contributed by atoms with Crippen molar-refractivity contribution in [3.63, 3.8) is 0 Å². The molecule has 134 valence electrons. The molecule has 2 aromatic heterocycles. The van der Waals surface area contributed by atoms with Crippen LogP contribution in [0.5, 0.6) is 0 Å². The second-order valence-corrected chi connectivity index (χ2v) is 6.43. The summed E-state index contributed by atoms with van der Waals surface area (Å²) in [6.07, 6.45) is 1.80. The fraction of sp³-hybridized carbons (Fsp3) is 0.375. The number of nitrogens with zero attached hydrogens (tertiary/aromatic N) is 2. The molecule has 25 heavy (non-hydrogen) atoms. The highest BCUT2D eigenvalue weighted by atomic mass is 32.1. The number of esters is 1. The van der Waals surface area contributed by atoms with Crippen molar-refractivity contribution in [2.75, 3.05) is 11.9 Å². The van der Waals surface area contributed by atoms with Gasteiger partial charge in [0, 0.05) is 11.9 Å². The Morgan fingerprint density at radius 3 is 2.60 bits per heavy atom. The Kier molecular flexibility index (Phi) is 5.58. The normalized spacial score (nSPS) is 10.6. The number of nitrogens with one attached hydrogen (secondary N) is 1. The number of rotatable bonds is 6. The molecular weight excluding hydrogens is 346 g/mol. The number of carboxylic acids is 1. The van der Waals surface area contributed by atoms with Crippen LogP contribution in [0, 0.1) is 6.92 Å². The van der Waals surface area contributed by atoms with E-state index < -0.39 is 17.8 Å². The Bertz CT molecular complexity index is 837. The van der Waals surface area contributed by atoms with Crippen LogP contribution in [0.25, 0.3) is 0 Å². The van der Waals surface area contributed by atoms with E-state index in [0.717, 1.165) is 15.1 Å². The number of ether oxygens (including phenoxy) is 1. The van der Waals surface area contributed by atoms with Gasteiger partial charge in [0.2, 0.25) is 0 Å². The highest BCUT2D eigenvalue weighted by molar-refractivity contribution is 7.16. The van der Waals surface area contributed by atoms with Crippen molar-refractivity contribution in [1.29, 1.82) is 0 Å². The van der Waals surface area contributed by atoms with Crippen LogP contribution in [0.4, 0.5) is 5.00 Å². The molecule has 2 rings (SSSR count). The largest absolute Gasteiger partial charge is 0.477 e. The molecule has 0 aliphatic heterocycles. The minimum absolute atomic E-state index is 0.0751. The van der Waals surface area contributed by atoms with E-state index in [1.807, 2.05) is 13.8 Å². The van der Waals surface area contributed by atoms with E-state index in [4.69, 9.17) is 4.74 Å². The topological polar surface area (TPSA) is 111 Å². The molecule has 0 radical (unpaired) electrons. The van der Waals surface area contributed by atoms with E-state index in [1.165, 1.54) is 24.6 Å². The maximum atomic E-state index is 12.5. The molecule has 0 aliphatic carbocycles. The van der Waals surface area contributed by atoms with E-state index in [-0.39, 0.29) is 17.9 Å². The van der Waals surface area contributed by atoms with Crippen molar-refractivity contribution in [3.8, 4) is 0 Å². The number of hydrogen-bond acceptors (Lipinski definition) is 6. The summed E-state index contributed by atoms with van der Waals surface area (Å²) in [5.41, 5.74) is 0.831. The van der Waals surface area contributed by atoms with Crippen LogP contribution in [0.1, 0.15) is 55.5 Å². The van der Waals surface area contributed by atoms with Crippen LogP contribution >= 0.6 is 11.3 Å². The summed E-state index contributed by atoms with van der Waals surface area (Å²) in [6.45, 7) is 5.69. The first-order chi connectivity index (χ1) is 11.8. The minimum atomic E-state index is -1.26. The van der Waals surface area contributed by atoms with Crippen molar-refractivity contribution in [2.24, 2.45) is 7.05 Å². The molecule has 1 amide bonds. The third-order valence-corrected chi connectivity index (χ3v) is 4.72. The number of aromatic carboxylic acids is 1. The van der Waals surface area contributed by atoms with E-state index in [0.29, 0.717) is 17.0 Å². The number of aryl methyl sites for hydroxylation is 2. The van der Waals surface area contributed by atoms with Gasteiger partial charge >= 0.3 is 11.9 Å². The summed E-state index contributed by atoms with van der Waals surface area (Å²) in [5.74, 6) is -2.41. The zero-order valence-corrected chi connectivity index (χ0v) is 15.2.